The monoisotopic (exact) mass is 540 g/mol. The molecule has 0 rings (SSSR count). The number of carbonyl (C=O) groups excluding carboxylic acids is 2. The molecule has 7 nitrogen and oxygen atoms in total. The summed E-state index contributed by atoms with van der Waals surface area (Å²) in [5, 5.41) is 16.5. The Morgan fingerprint density at radius 1 is 0.441 bits per heavy atom. The predicted octanol–water partition coefficient (Wildman–Crippen LogP) is 3.65. The van der Waals surface area contributed by atoms with Gasteiger partial charge in [0.25, 0.3) is 0 Å². The van der Waals surface area contributed by atoms with Gasteiger partial charge in [0.05, 0.1) is 0 Å². The SMILES string of the molecule is CCCCCCCCN.CCCCCCCCN.CCCCCCCCN.O=C[O-].O=C[O-].[Cu+2]. The van der Waals surface area contributed by atoms with Crippen LogP contribution in [0.15, 0.2) is 0 Å². The zero-order valence-electron chi connectivity index (χ0n) is 22.7. The van der Waals surface area contributed by atoms with Gasteiger partial charge in [-0.25, -0.2) is 0 Å². The summed E-state index contributed by atoms with van der Waals surface area (Å²) < 4.78 is 0. The molecule has 0 spiro atoms. The molecule has 0 aliphatic carbocycles. The third-order valence-electron chi connectivity index (χ3n) is 4.67. The van der Waals surface area contributed by atoms with Crippen molar-refractivity contribution >= 4 is 12.9 Å². The van der Waals surface area contributed by atoms with E-state index >= 15 is 0 Å². The van der Waals surface area contributed by atoms with Gasteiger partial charge in [-0.3, -0.25) is 0 Å². The van der Waals surface area contributed by atoms with Crippen LogP contribution in [-0.4, -0.2) is 32.6 Å². The second kappa shape index (κ2) is 63.6. The van der Waals surface area contributed by atoms with Crippen LogP contribution in [0.1, 0.15) is 136 Å². The van der Waals surface area contributed by atoms with Crippen LogP contribution in [0.5, 0.6) is 0 Å². The van der Waals surface area contributed by atoms with E-state index in [9.17, 15) is 0 Å². The number of carboxylic acid groups (broad SMARTS) is 2. The van der Waals surface area contributed by atoms with E-state index in [1.54, 1.807) is 0 Å². The van der Waals surface area contributed by atoms with Crippen molar-refractivity contribution in [2.24, 2.45) is 17.2 Å². The molecule has 34 heavy (non-hydrogen) atoms. The first-order valence-electron chi connectivity index (χ1n) is 13.3. The maximum absolute atomic E-state index is 8.25. The minimum atomic E-state index is -0.500. The van der Waals surface area contributed by atoms with Gasteiger partial charge in [-0.15, -0.1) is 0 Å². The molecule has 0 unspecified atom stereocenters. The van der Waals surface area contributed by atoms with Gasteiger partial charge in [-0.05, 0) is 38.9 Å². The molecule has 0 saturated carbocycles. The summed E-state index contributed by atoms with van der Waals surface area (Å²) in [4.78, 5) is 16.5. The van der Waals surface area contributed by atoms with Crippen molar-refractivity contribution in [3.05, 3.63) is 0 Å². The summed E-state index contributed by atoms with van der Waals surface area (Å²) in [6, 6.07) is 0. The van der Waals surface area contributed by atoms with E-state index in [1.807, 2.05) is 0 Å². The average molecular weight is 541 g/mol. The number of hydrogen-bond acceptors (Lipinski definition) is 7. The average Bonchev–Trinajstić information content (AvgIpc) is 2.81. The van der Waals surface area contributed by atoms with E-state index in [0.29, 0.717) is 0 Å². The van der Waals surface area contributed by atoms with E-state index in [-0.39, 0.29) is 17.1 Å². The van der Waals surface area contributed by atoms with Crippen molar-refractivity contribution in [1.82, 2.24) is 0 Å². The van der Waals surface area contributed by atoms with E-state index in [0.717, 1.165) is 19.6 Å². The van der Waals surface area contributed by atoms with Crippen LogP contribution in [0.4, 0.5) is 0 Å². The summed E-state index contributed by atoms with van der Waals surface area (Å²) >= 11 is 0. The molecule has 1 radical (unpaired) electrons. The first-order chi connectivity index (χ1) is 16.1. The van der Waals surface area contributed by atoms with E-state index in [1.165, 1.54) is 116 Å². The molecule has 0 heterocycles. The first kappa shape index (κ1) is 46.6. The quantitative estimate of drug-likeness (QED) is 0.136. The maximum Gasteiger partial charge on any atom is 2.00 e. The molecule has 6 N–H and O–H groups in total. The molecule has 0 aromatic rings. The van der Waals surface area contributed by atoms with Gasteiger partial charge >= 0.3 is 17.1 Å². The summed E-state index contributed by atoms with van der Waals surface area (Å²) in [6.07, 6.45) is 24.2. The summed E-state index contributed by atoms with van der Waals surface area (Å²) in [7, 11) is 0. The zero-order chi connectivity index (χ0) is 26.3. The number of unbranched alkanes of at least 4 members (excludes halogenated alkanes) is 15. The standard InChI is InChI=1S/3C8H19N.2CH2O2.Cu/c3*1-2-3-4-5-6-7-8-9;2*2-1-3;/h3*2-9H2,1H3;2*1H,(H,2,3);/q;;;;;+2/p-2. The fourth-order valence-electron chi connectivity index (χ4n) is 2.77. The van der Waals surface area contributed by atoms with Crippen molar-refractivity contribution in [3.63, 3.8) is 0 Å². The zero-order valence-corrected chi connectivity index (χ0v) is 23.6. The van der Waals surface area contributed by atoms with Crippen molar-refractivity contribution in [2.75, 3.05) is 19.6 Å². The molecule has 0 saturated heterocycles. The van der Waals surface area contributed by atoms with Crippen LogP contribution in [-0.2, 0) is 26.7 Å². The van der Waals surface area contributed by atoms with Gasteiger partial charge in [0.15, 0.2) is 0 Å². The Kier molecular flexibility index (Phi) is 87.3. The largest absolute Gasteiger partial charge is 2.00 e. The number of rotatable bonds is 18. The van der Waals surface area contributed by atoms with Gasteiger partial charge in [-0.1, -0.05) is 117 Å². The molecule has 0 aliphatic rings. The fourth-order valence-corrected chi connectivity index (χ4v) is 2.77. The molecule has 0 amide bonds. The second-order valence-corrected chi connectivity index (χ2v) is 7.86. The molecule has 0 atom stereocenters. The summed E-state index contributed by atoms with van der Waals surface area (Å²) in [6.45, 7) is 8.32. The van der Waals surface area contributed by atoms with Gasteiger partial charge in [-0.2, -0.15) is 0 Å². The smallest absolute Gasteiger partial charge is 0.554 e. The third-order valence-corrected chi connectivity index (χ3v) is 4.67. The van der Waals surface area contributed by atoms with Crippen molar-refractivity contribution in [2.45, 2.75) is 136 Å². The van der Waals surface area contributed by atoms with Crippen molar-refractivity contribution in [3.8, 4) is 0 Å². The Labute approximate surface area is 222 Å². The predicted molar refractivity (Wildman–Crippen MR) is 139 cm³/mol. The Balaban J connectivity index is -0.0000000762. The second-order valence-electron chi connectivity index (χ2n) is 7.86. The Hall–Kier alpha value is -0.661. The van der Waals surface area contributed by atoms with Gasteiger partial charge < -0.3 is 37.0 Å². The van der Waals surface area contributed by atoms with Gasteiger partial charge in [0, 0.05) is 12.9 Å². The van der Waals surface area contributed by atoms with E-state index in [4.69, 9.17) is 37.0 Å². The summed E-state index contributed by atoms with van der Waals surface area (Å²) in [5.74, 6) is 0. The summed E-state index contributed by atoms with van der Waals surface area (Å²) in [5.41, 5.74) is 16.0. The third kappa shape index (κ3) is 95.9. The van der Waals surface area contributed by atoms with Crippen LogP contribution in [0.2, 0.25) is 0 Å². The molecule has 213 valence electrons. The molecular formula is C26H59CuN3O4. The molecule has 0 fully saturated rings. The molecular weight excluding hydrogens is 482 g/mol. The topological polar surface area (TPSA) is 158 Å². The normalized spacial score (nSPS) is 8.65. The Morgan fingerprint density at radius 3 is 0.735 bits per heavy atom. The van der Waals surface area contributed by atoms with Crippen LogP contribution in [0.25, 0.3) is 0 Å². The van der Waals surface area contributed by atoms with Crippen molar-refractivity contribution < 1.29 is 36.9 Å². The molecule has 8 heteroatoms. The fraction of sp³-hybridized carbons (Fsp3) is 0.923. The van der Waals surface area contributed by atoms with Crippen LogP contribution < -0.4 is 27.4 Å². The Bertz CT molecular complexity index is 233. The van der Waals surface area contributed by atoms with E-state index in [2.05, 4.69) is 20.8 Å². The first-order valence-corrected chi connectivity index (χ1v) is 13.3. The van der Waals surface area contributed by atoms with Crippen molar-refractivity contribution in [1.29, 1.82) is 0 Å². The van der Waals surface area contributed by atoms with Crippen LogP contribution in [0.3, 0.4) is 0 Å². The minimum absolute atomic E-state index is 0. The molecule has 0 aromatic heterocycles. The minimum Gasteiger partial charge on any atom is -0.554 e. The maximum atomic E-state index is 8.25. The number of carbonyl (C=O) groups is 2. The Morgan fingerprint density at radius 2 is 0.588 bits per heavy atom. The van der Waals surface area contributed by atoms with E-state index < -0.39 is 12.9 Å². The number of nitrogens with two attached hydrogens (primary N) is 3. The molecule has 0 aromatic carbocycles. The van der Waals surface area contributed by atoms with Gasteiger partial charge in [0.1, 0.15) is 0 Å². The van der Waals surface area contributed by atoms with Crippen LogP contribution in [0, 0.1) is 0 Å². The molecule has 0 bridgehead atoms. The van der Waals surface area contributed by atoms with Gasteiger partial charge in [0.2, 0.25) is 0 Å². The van der Waals surface area contributed by atoms with Crippen LogP contribution >= 0.6 is 0 Å². The number of hydrogen-bond donors (Lipinski definition) is 3. The molecule has 0 aliphatic heterocycles.